The molecule has 1 rings (SSSR count). The molecule has 4 heteroatoms. The first kappa shape index (κ1) is 11.6. The van der Waals surface area contributed by atoms with E-state index in [2.05, 4.69) is 11.3 Å². The van der Waals surface area contributed by atoms with Gasteiger partial charge in [-0.2, -0.15) is 8.78 Å². The fourth-order valence-corrected chi connectivity index (χ4v) is 1.12. The van der Waals surface area contributed by atoms with E-state index in [4.69, 9.17) is 0 Å². The van der Waals surface area contributed by atoms with E-state index in [0.717, 1.165) is 12.1 Å². The van der Waals surface area contributed by atoms with Crippen molar-refractivity contribution < 1.29 is 17.9 Å². The minimum absolute atomic E-state index is 0.0520. The van der Waals surface area contributed by atoms with Gasteiger partial charge in [-0.15, -0.1) is 6.58 Å². The van der Waals surface area contributed by atoms with Gasteiger partial charge in [0, 0.05) is 11.5 Å². The molecule has 0 saturated heterocycles. The summed E-state index contributed by atoms with van der Waals surface area (Å²) in [7, 11) is 0. The van der Waals surface area contributed by atoms with E-state index in [1.54, 1.807) is 6.92 Å². The van der Waals surface area contributed by atoms with E-state index in [1.165, 1.54) is 12.1 Å². The maximum absolute atomic E-state index is 12.9. The highest BCUT2D eigenvalue weighted by Crippen LogP contribution is 2.28. The van der Waals surface area contributed by atoms with Crippen LogP contribution in [0.2, 0.25) is 0 Å². The second kappa shape index (κ2) is 4.87. The van der Waals surface area contributed by atoms with Gasteiger partial charge < -0.3 is 4.74 Å². The van der Waals surface area contributed by atoms with Crippen molar-refractivity contribution in [3.63, 3.8) is 0 Å². The Morgan fingerprint density at radius 2 is 2.13 bits per heavy atom. The highest BCUT2D eigenvalue weighted by Gasteiger charge is 2.14. The van der Waals surface area contributed by atoms with Crippen LogP contribution >= 0.6 is 0 Å². The minimum atomic E-state index is -2.92. The Balaban J connectivity index is 3.08. The largest absolute Gasteiger partial charge is 0.435 e. The lowest BCUT2D eigenvalue weighted by atomic mass is 10.0. The van der Waals surface area contributed by atoms with Crippen molar-refractivity contribution in [1.29, 1.82) is 0 Å². The van der Waals surface area contributed by atoms with Gasteiger partial charge in [0.15, 0.2) is 0 Å². The number of hydrogen-bond donors (Lipinski definition) is 0. The summed E-state index contributed by atoms with van der Waals surface area (Å²) in [5, 5.41) is 0. The Hall–Kier alpha value is -1.45. The number of benzene rings is 1. The van der Waals surface area contributed by atoms with E-state index in [1.807, 2.05) is 0 Å². The van der Waals surface area contributed by atoms with Gasteiger partial charge in [0.05, 0.1) is 0 Å². The molecule has 0 N–H and O–H groups in total. The van der Waals surface area contributed by atoms with Crippen LogP contribution < -0.4 is 4.74 Å². The Morgan fingerprint density at radius 1 is 1.47 bits per heavy atom. The first-order valence-corrected chi connectivity index (χ1v) is 4.25. The Kier molecular flexibility index (Phi) is 3.77. The van der Waals surface area contributed by atoms with Crippen LogP contribution in [0.5, 0.6) is 5.75 Å². The van der Waals surface area contributed by atoms with E-state index < -0.39 is 12.4 Å². The fraction of sp³-hybridized carbons (Fsp3) is 0.182. The van der Waals surface area contributed by atoms with Crippen LogP contribution in [0.15, 0.2) is 30.9 Å². The van der Waals surface area contributed by atoms with E-state index in [0.29, 0.717) is 5.92 Å². The Morgan fingerprint density at radius 3 is 2.67 bits per heavy atom. The predicted octanol–water partition coefficient (Wildman–Crippen LogP) is 3.56. The van der Waals surface area contributed by atoms with Gasteiger partial charge >= 0.3 is 6.61 Å². The zero-order valence-electron chi connectivity index (χ0n) is 8.14. The van der Waals surface area contributed by atoms with Gasteiger partial charge in [0.25, 0.3) is 0 Å². The highest BCUT2D eigenvalue weighted by molar-refractivity contribution is 5.46. The molecule has 0 aliphatic heterocycles. The molecule has 1 nitrogen and oxygen atoms in total. The standard InChI is InChI=1S/C11H10F3O/c1-3-7(2)9-6-8(12)4-5-10(9)15-11(13)14/h3-6,11H,1H2,2H3. The van der Waals surface area contributed by atoms with E-state index in [9.17, 15) is 13.2 Å². The normalized spacial score (nSPS) is 10.8. The fourth-order valence-electron chi connectivity index (χ4n) is 1.12. The predicted molar refractivity (Wildman–Crippen MR) is 51.2 cm³/mol. The number of ether oxygens (including phenoxy) is 1. The van der Waals surface area contributed by atoms with Gasteiger partial charge in [-0.3, -0.25) is 0 Å². The Labute approximate surface area is 86.2 Å². The van der Waals surface area contributed by atoms with Crippen LogP contribution in [0, 0.1) is 11.7 Å². The minimum Gasteiger partial charge on any atom is -0.435 e. The monoisotopic (exact) mass is 215 g/mol. The SMILES string of the molecule is C=C[C](C)c1cc(F)ccc1OC(F)F. The molecule has 1 aromatic carbocycles. The maximum Gasteiger partial charge on any atom is 0.387 e. The zero-order chi connectivity index (χ0) is 11.4. The summed E-state index contributed by atoms with van der Waals surface area (Å²) in [5.74, 6) is 0.0155. The first-order chi connectivity index (χ1) is 7.04. The molecule has 0 bridgehead atoms. The molecular formula is C11H10F3O. The van der Waals surface area contributed by atoms with Crippen molar-refractivity contribution in [2.45, 2.75) is 13.5 Å². The van der Waals surface area contributed by atoms with Gasteiger partial charge in [0.1, 0.15) is 11.6 Å². The summed E-state index contributed by atoms with van der Waals surface area (Å²) < 4.78 is 41.2. The average molecular weight is 215 g/mol. The summed E-state index contributed by atoms with van der Waals surface area (Å²) in [6.45, 7) is 2.20. The van der Waals surface area contributed by atoms with Crippen LogP contribution in [0.4, 0.5) is 13.2 Å². The maximum atomic E-state index is 12.9. The molecule has 0 unspecified atom stereocenters. The second-order valence-electron chi connectivity index (χ2n) is 2.91. The third-order valence-electron chi connectivity index (χ3n) is 1.89. The summed E-state index contributed by atoms with van der Waals surface area (Å²) >= 11 is 0. The first-order valence-electron chi connectivity index (χ1n) is 4.25. The van der Waals surface area contributed by atoms with Gasteiger partial charge in [0.2, 0.25) is 0 Å². The van der Waals surface area contributed by atoms with Gasteiger partial charge in [-0.05, 0) is 18.2 Å². The van der Waals surface area contributed by atoms with Crippen LogP contribution in [0.3, 0.4) is 0 Å². The summed E-state index contributed by atoms with van der Waals surface area (Å²) in [6, 6.07) is 3.37. The van der Waals surface area contributed by atoms with Gasteiger partial charge in [-0.25, -0.2) is 4.39 Å². The molecule has 1 radical (unpaired) electrons. The molecule has 0 aliphatic rings. The molecule has 0 aliphatic carbocycles. The van der Waals surface area contributed by atoms with Crippen molar-refractivity contribution >= 4 is 0 Å². The quantitative estimate of drug-likeness (QED) is 0.746. The molecule has 0 heterocycles. The van der Waals surface area contributed by atoms with E-state index >= 15 is 0 Å². The lowest BCUT2D eigenvalue weighted by molar-refractivity contribution is -0.0502. The molecule has 0 saturated carbocycles. The number of alkyl halides is 2. The van der Waals surface area contributed by atoms with Crippen molar-refractivity contribution in [1.82, 2.24) is 0 Å². The van der Waals surface area contributed by atoms with Crippen molar-refractivity contribution in [3.05, 3.63) is 48.2 Å². The third-order valence-corrected chi connectivity index (χ3v) is 1.89. The summed E-state index contributed by atoms with van der Waals surface area (Å²) in [5.41, 5.74) is 0.283. The summed E-state index contributed by atoms with van der Waals surface area (Å²) in [4.78, 5) is 0. The topological polar surface area (TPSA) is 9.23 Å². The zero-order valence-corrected chi connectivity index (χ0v) is 8.14. The average Bonchev–Trinajstić information content (AvgIpc) is 2.19. The molecule has 81 valence electrons. The van der Waals surface area contributed by atoms with Crippen molar-refractivity contribution in [2.24, 2.45) is 0 Å². The lowest BCUT2D eigenvalue weighted by Gasteiger charge is -2.13. The number of halogens is 3. The van der Waals surface area contributed by atoms with Crippen LogP contribution in [-0.2, 0) is 0 Å². The van der Waals surface area contributed by atoms with E-state index in [-0.39, 0.29) is 11.3 Å². The summed E-state index contributed by atoms with van der Waals surface area (Å²) in [6.07, 6.45) is 1.45. The number of rotatable bonds is 4. The third kappa shape index (κ3) is 3.01. The Bertz CT molecular complexity index is 350. The molecule has 1 aromatic rings. The van der Waals surface area contributed by atoms with Crippen molar-refractivity contribution in [3.8, 4) is 5.75 Å². The molecule has 0 atom stereocenters. The van der Waals surface area contributed by atoms with Crippen LogP contribution in [0.1, 0.15) is 12.5 Å². The second-order valence-corrected chi connectivity index (χ2v) is 2.91. The van der Waals surface area contributed by atoms with Crippen LogP contribution in [-0.4, -0.2) is 6.61 Å². The number of hydrogen-bond acceptors (Lipinski definition) is 1. The molecular weight excluding hydrogens is 205 g/mol. The number of allylic oxidation sites excluding steroid dienone is 1. The molecule has 15 heavy (non-hydrogen) atoms. The molecule has 0 amide bonds. The highest BCUT2D eigenvalue weighted by atomic mass is 19.3. The molecule has 0 aromatic heterocycles. The molecule has 0 fully saturated rings. The lowest BCUT2D eigenvalue weighted by Crippen LogP contribution is -2.06. The molecule has 0 spiro atoms. The van der Waals surface area contributed by atoms with Crippen LogP contribution in [0.25, 0.3) is 0 Å². The van der Waals surface area contributed by atoms with Crippen molar-refractivity contribution in [2.75, 3.05) is 0 Å². The smallest absolute Gasteiger partial charge is 0.387 e. The van der Waals surface area contributed by atoms with Gasteiger partial charge in [-0.1, -0.05) is 13.0 Å².